The van der Waals surface area contributed by atoms with Gasteiger partial charge in [0.2, 0.25) is 0 Å². The van der Waals surface area contributed by atoms with Crippen LogP contribution in [-0.4, -0.2) is 24.9 Å². The third kappa shape index (κ3) is 4.00. The molecule has 18 heavy (non-hydrogen) atoms. The van der Waals surface area contributed by atoms with Crippen LogP contribution in [0.25, 0.3) is 0 Å². The van der Waals surface area contributed by atoms with Gasteiger partial charge in [0.1, 0.15) is 11.9 Å². The van der Waals surface area contributed by atoms with Gasteiger partial charge in [-0.25, -0.2) is 0 Å². The molecule has 2 rings (SSSR count). The second kappa shape index (κ2) is 5.72. The molecule has 0 radical (unpaired) electrons. The first kappa shape index (κ1) is 13.4. The van der Waals surface area contributed by atoms with E-state index in [4.69, 9.17) is 15.2 Å². The summed E-state index contributed by atoms with van der Waals surface area (Å²) in [4.78, 5) is 0. The van der Waals surface area contributed by atoms with Crippen molar-refractivity contribution in [2.75, 3.05) is 13.2 Å². The zero-order valence-corrected chi connectivity index (χ0v) is 11.3. The van der Waals surface area contributed by atoms with Crippen LogP contribution in [0.3, 0.4) is 0 Å². The fraction of sp³-hybridized carbons (Fsp3) is 0.600. The number of benzene rings is 1. The van der Waals surface area contributed by atoms with Crippen molar-refractivity contribution in [2.45, 2.75) is 44.8 Å². The maximum Gasteiger partial charge on any atom is 0.122 e. The Morgan fingerprint density at radius 2 is 1.94 bits per heavy atom. The summed E-state index contributed by atoms with van der Waals surface area (Å²) in [7, 11) is 0. The zero-order valence-electron chi connectivity index (χ0n) is 11.3. The van der Waals surface area contributed by atoms with Crippen molar-refractivity contribution in [3.63, 3.8) is 0 Å². The standard InChI is InChI=1S/C15H23NO2/c1-15(2,16)11-12-5-3-4-6-14(12)18-13-7-9-17-10-8-13/h3-6,13H,7-11,16H2,1-2H3. The summed E-state index contributed by atoms with van der Waals surface area (Å²) in [5.74, 6) is 0.975. The molecular weight excluding hydrogens is 226 g/mol. The van der Waals surface area contributed by atoms with Crippen LogP contribution in [0.1, 0.15) is 32.3 Å². The maximum absolute atomic E-state index is 6.10. The van der Waals surface area contributed by atoms with Gasteiger partial charge in [-0.1, -0.05) is 18.2 Å². The van der Waals surface area contributed by atoms with E-state index >= 15 is 0 Å². The Balaban J connectivity index is 2.06. The Kier molecular flexibility index (Phi) is 4.25. The van der Waals surface area contributed by atoms with E-state index in [0.29, 0.717) is 0 Å². The van der Waals surface area contributed by atoms with Crippen LogP contribution in [0.2, 0.25) is 0 Å². The van der Waals surface area contributed by atoms with E-state index in [1.54, 1.807) is 0 Å². The second-order valence-electron chi connectivity index (χ2n) is 5.70. The molecule has 0 bridgehead atoms. The first-order valence-corrected chi connectivity index (χ1v) is 6.66. The average molecular weight is 249 g/mol. The number of nitrogens with two attached hydrogens (primary N) is 1. The summed E-state index contributed by atoms with van der Waals surface area (Å²) in [5.41, 5.74) is 7.07. The highest BCUT2D eigenvalue weighted by molar-refractivity contribution is 5.34. The second-order valence-corrected chi connectivity index (χ2v) is 5.70. The lowest BCUT2D eigenvalue weighted by Gasteiger charge is -2.26. The molecule has 1 fully saturated rings. The topological polar surface area (TPSA) is 44.5 Å². The van der Waals surface area contributed by atoms with E-state index in [1.807, 2.05) is 32.0 Å². The molecule has 3 nitrogen and oxygen atoms in total. The molecule has 0 aromatic heterocycles. The average Bonchev–Trinajstić information content (AvgIpc) is 2.31. The lowest BCUT2D eigenvalue weighted by molar-refractivity contribution is 0.0251. The lowest BCUT2D eigenvalue weighted by atomic mass is 9.95. The third-order valence-electron chi connectivity index (χ3n) is 3.08. The Morgan fingerprint density at radius 3 is 2.61 bits per heavy atom. The van der Waals surface area contributed by atoms with E-state index in [-0.39, 0.29) is 11.6 Å². The summed E-state index contributed by atoms with van der Waals surface area (Å²) in [6, 6.07) is 8.19. The van der Waals surface area contributed by atoms with Crippen molar-refractivity contribution < 1.29 is 9.47 Å². The minimum Gasteiger partial charge on any atom is -0.490 e. The molecular formula is C15H23NO2. The number of ether oxygens (including phenoxy) is 2. The largest absolute Gasteiger partial charge is 0.490 e. The van der Waals surface area contributed by atoms with Crippen molar-refractivity contribution >= 4 is 0 Å². The molecule has 2 N–H and O–H groups in total. The third-order valence-corrected chi connectivity index (χ3v) is 3.08. The molecule has 1 heterocycles. The van der Waals surface area contributed by atoms with Crippen LogP contribution in [0.5, 0.6) is 5.75 Å². The highest BCUT2D eigenvalue weighted by atomic mass is 16.5. The van der Waals surface area contributed by atoms with Gasteiger partial charge in [-0.3, -0.25) is 0 Å². The van der Waals surface area contributed by atoms with Crippen molar-refractivity contribution in [3.8, 4) is 5.75 Å². The minimum absolute atomic E-state index is 0.213. The molecule has 1 aliphatic rings. The van der Waals surface area contributed by atoms with Gasteiger partial charge in [0.15, 0.2) is 0 Å². The summed E-state index contributed by atoms with van der Waals surface area (Å²) < 4.78 is 11.4. The minimum atomic E-state index is -0.213. The molecule has 0 aliphatic carbocycles. The van der Waals surface area contributed by atoms with E-state index in [1.165, 1.54) is 5.56 Å². The molecule has 1 aliphatic heterocycles. The van der Waals surface area contributed by atoms with Crippen LogP contribution in [0.4, 0.5) is 0 Å². The predicted octanol–water partition coefficient (Wildman–Crippen LogP) is 2.52. The smallest absolute Gasteiger partial charge is 0.122 e. The van der Waals surface area contributed by atoms with Gasteiger partial charge in [0.05, 0.1) is 13.2 Å². The van der Waals surface area contributed by atoms with Gasteiger partial charge < -0.3 is 15.2 Å². The van der Waals surface area contributed by atoms with Crippen molar-refractivity contribution in [3.05, 3.63) is 29.8 Å². The Bertz CT molecular complexity index is 378. The lowest BCUT2D eigenvalue weighted by Crippen LogP contribution is -2.35. The Morgan fingerprint density at radius 1 is 1.28 bits per heavy atom. The molecule has 1 saturated heterocycles. The van der Waals surface area contributed by atoms with Crippen LogP contribution in [0, 0.1) is 0 Å². The molecule has 0 spiro atoms. The summed E-state index contributed by atoms with van der Waals surface area (Å²) in [5, 5.41) is 0. The molecule has 0 amide bonds. The molecule has 0 saturated carbocycles. The van der Waals surface area contributed by atoms with Gasteiger partial charge in [-0.05, 0) is 31.9 Å². The summed E-state index contributed by atoms with van der Waals surface area (Å²) in [6.45, 7) is 5.68. The van der Waals surface area contributed by atoms with Gasteiger partial charge in [-0.15, -0.1) is 0 Å². The molecule has 1 aromatic rings. The Labute approximate surface area is 109 Å². The molecule has 1 aromatic carbocycles. The number of hydrogen-bond donors (Lipinski definition) is 1. The van der Waals surface area contributed by atoms with Gasteiger partial charge in [0.25, 0.3) is 0 Å². The van der Waals surface area contributed by atoms with Crippen molar-refractivity contribution in [2.24, 2.45) is 5.73 Å². The molecule has 0 atom stereocenters. The van der Waals surface area contributed by atoms with E-state index in [9.17, 15) is 0 Å². The van der Waals surface area contributed by atoms with Crippen molar-refractivity contribution in [1.29, 1.82) is 0 Å². The van der Waals surface area contributed by atoms with E-state index in [0.717, 1.165) is 38.2 Å². The number of para-hydroxylation sites is 1. The fourth-order valence-corrected chi connectivity index (χ4v) is 2.23. The van der Waals surface area contributed by atoms with E-state index in [2.05, 4.69) is 6.07 Å². The first-order chi connectivity index (χ1) is 8.54. The van der Waals surface area contributed by atoms with Gasteiger partial charge in [0, 0.05) is 18.4 Å². The fourth-order valence-electron chi connectivity index (χ4n) is 2.23. The quantitative estimate of drug-likeness (QED) is 0.891. The summed E-state index contributed by atoms with van der Waals surface area (Å²) >= 11 is 0. The highest BCUT2D eigenvalue weighted by Crippen LogP contribution is 2.25. The van der Waals surface area contributed by atoms with Crippen LogP contribution in [-0.2, 0) is 11.2 Å². The maximum atomic E-state index is 6.10. The number of rotatable bonds is 4. The van der Waals surface area contributed by atoms with Crippen LogP contribution in [0.15, 0.2) is 24.3 Å². The van der Waals surface area contributed by atoms with E-state index < -0.39 is 0 Å². The van der Waals surface area contributed by atoms with Crippen LogP contribution < -0.4 is 10.5 Å². The van der Waals surface area contributed by atoms with Gasteiger partial charge >= 0.3 is 0 Å². The monoisotopic (exact) mass is 249 g/mol. The van der Waals surface area contributed by atoms with Crippen LogP contribution >= 0.6 is 0 Å². The van der Waals surface area contributed by atoms with Gasteiger partial charge in [-0.2, -0.15) is 0 Å². The summed E-state index contributed by atoms with van der Waals surface area (Å²) in [6.07, 6.45) is 3.05. The predicted molar refractivity (Wildman–Crippen MR) is 72.9 cm³/mol. The molecule has 100 valence electrons. The Hall–Kier alpha value is -1.06. The zero-order chi connectivity index (χ0) is 13.0. The normalized spacial score (nSPS) is 17.7. The van der Waals surface area contributed by atoms with Crippen molar-refractivity contribution in [1.82, 2.24) is 0 Å². The first-order valence-electron chi connectivity index (χ1n) is 6.66. The molecule has 3 heteroatoms. The SMILES string of the molecule is CC(C)(N)Cc1ccccc1OC1CCOCC1. The number of hydrogen-bond acceptors (Lipinski definition) is 3. The molecule has 0 unspecified atom stereocenters. The highest BCUT2D eigenvalue weighted by Gasteiger charge is 2.19.